The second-order valence-corrected chi connectivity index (χ2v) is 5.18. The van der Waals surface area contributed by atoms with Crippen molar-refractivity contribution in [2.24, 2.45) is 16.8 Å². The Morgan fingerprint density at radius 3 is 2.25 bits per heavy atom. The van der Waals surface area contributed by atoms with Crippen LogP contribution >= 0.6 is 24.0 Å². The molecule has 0 amide bonds. The summed E-state index contributed by atoms with van der Waals surface area (Å²) in [5.41, 5.74) is 0. The molecule has 0 aromatic heterocycles. The lowest BCUT2D eigenvalue weighted by atomic mass is 10.00. The van der Waals surface area contributed by atoms with Gasteiger partial charge in [0.1, 0.15) is 0 Å². The van der Waals surface area contributed by atoms with Crippen LogP contribution < -0.4 is 5.32 Å². The highest BCUT2D eigenvalue weighted by molar-refractivity contribution is 14.0. The maximum Gasteiger partial charge on any atom is 0.193 e. The first-order valence-electron chi connectivity index (χ1n) is 6.19. The average Bonchev–Trinajstić information content (AvgIpc) is 2.92. The highest BCUT2D eigenvalue weighted by Crippen LogP contribution is 2.29. The fourth-order valence-electron chi connectivity index (χ4n) is 2.21. The van der Waals surface area contributed by atoms with Gasteiger partial charge in [0.25, 0.3) is 0 Å². The number of nitrogens with zero attached hydrogens (tertiary/aromatic N) is 2. The molecule has 2 rings (SSSR count). The Kier molecular flexibility index (Phi) is 5.34. The summed E-state index contributed by atoms with van der Waals surface area (Å²) in [5, 5.41) is 3.55. The van der Waals surface area contributed by atoms with Gasteiger partial charge in [-0.3, -0.25) is 4.99 Å². The largest absolute Gasteiger partial charge is 0.353 e. The van der Waals surface area contributed by atoms with E-state index < -0.39 is 0 Å². The highest BCUT2D eigenvalue weighted by atomic mass is 127. The minimum absolute atomic E-state index is 0. The number of rotatable bonds is 1. The van der Waals surface area contributed by atoms with E-state index in [1.165, 1.54) is 32.4 Å². The number of hydrogen-bond acceptors (Lipinski definition) is 1. The molecule has 1 N–H and O–H groups in total. The van der Waals surface area contributed by atoms with Gasteiger partial charge in [0, 0.05) is 26.2 Å². The maximum absolute atomic E-state index is 4.38. The van der Waals surface area contributed by atoms with Crippen molar-refractivity contribution in [3.05, 3.63) is 0 Å². The predicted octanol–water partition coefficient (Wildman–Crippen LogP) is 2.32. The van der Waals surface area contributed by atoms with E-state index in [0.717, 1.165) is 17.8 Å². The lowest BCUT2D eigenvalue weighted by Crippen LogP contribution is -2.46. The summed E-state index contributed by atoms with van der Waals surface area (Å²) in [6.07, 6.45) is 3.92. The van der Waals surface area contributed by atoms with Crippen LogP contribution in [0.15, 0.2) is 4.99 Å². The zero-order valence-electron chi connectivity index (χ0n) is 10.6. The fourth-order valence-corrected chi connectivity index (χ4v) is 2.21. The Morgan fingerprint density at radius 2 is 1.81 bits per heavy atom. The van der Waals surface area contributed by atoms with Crippen LogP contribution in [0.5, 0.6) is 0 Å². The molecule has 1 saturated heterocycles. The van der Waals surface area contributed by atoms with Gasteiger partial charge in [-0.1, -0.05) is 13.8 Å². The first-order valence-corrected chi connectivity index (χ1v) is 6.19. The summed E-state index contributed by atoms with van der Waals surface area (Å²) in [5.74, 6) is 2.85. The van der Waals surface area contributed by atoms with Crippen LogP contribution in [0.4, 0.5) is 0 Å². The summed E-state index contributed by atoms with van der Waals surface area (Å²) < 4.78 is 0. The Morgan fingerprint density at radius 1 is 1.25 bits per heavy atom. The number of guanidine groups is 1. The van der Waals surface area contributed by atoms with Crippen molar-refractivity contribution in [2.45, 2.75) is 39.2 Å². The molecule has 2 fully saturated rings. The third-order valence-corrected chi connectivity index (χ3v) is 3.72. The third kappa shape index (κ3) is 3.50. The van der Waals surface area contributed by atoms with Crippen LogP contribution in [0.2, 0.25) is 0 Å². The molecular weight excluding hydrogens is 313 g/mol. The van der Waals surface area contributed by atoms with E-state index in [2.05, 4.69) is 29.1 Å². The van der Waals surface area contributed by atoms with Crippen molar-refractivity contribution in [1.29, 1.82) is 0 Å². The van der Waals surface area contributed by atoms with Crippen molar-refractivity contribution in [3.8, 4) is 0 Å². The van der Waals surface area contributed by atoms with E-state index in [1.54, 1.807) is 0 Å². The quantitative estimate of drug-likeness (QED) is 0.452. The molecule has 2 aliphatic rings. The normalized spacial score (nSPS) is 30.9. The van der Waals surface area contributed by atoms with E-state index in [0.29, 0.717) is 6.04 Å². The van der Waals surface area contributed by atoms with Crippen LogP contribution in [0, 0.1) is 11.8 Å². The molecule has 1 aliphatic carbocycles. The molecule has 2 atom stereocenters. The third-order valence-electron chi connectivity index (χ3n) is 3.72. The predicted molar refractivity (Wildman–Crippen MR) is 79.4 cm³/mol. The lowest BCUT2D eigenvalue weighted by molar-refractivity contribution is 0.273. The van der Waals surface area contributed by atoms with Crippen LogP contribution in [0.25, 0.3) is 0 Å². The van der Waals surface area contributed by atoms with Gasteiger partial charge in [-0.05, 0) is 31.1 Å². The molecule has 0 radical (unpaired) electrons. The summed E-state index contributed by atoms with van der Waals surface area (Å²) >= 11 is 0. The van der Waals surface area contributed by atoms with Crippen molar-refractivity contribution < 1.29 is 0 Å². The monoisotopic (exact) mass is 337 g/mol. The first-order chi connectivity index (χ1) is 7.20. The molecule has 4 heteroatoms. The first kappa shape index (κ1) is 14.1. The summed E-state index contributed by atoms with van der Waals surface area (Å²) in [6, 6.07) is 0.683. The summed E-state index contributed by atoms with van der Waals surface area (Å²) in [4.78, 5) is 6.79. The topological polar surface area (TPSA) is 27.6 Å². The van der Waals surface area contributed by atoms with Gasteiger partial charge in [-0.2, -0.15) is 0 Å². The standard InChI is InChI=1S/C12H23N3.HI/c1-9-4-6-15(7-5-9)12(13-3)14-11-8-10(11)2;/h9-11H,4-8H2,1-3H3,(H,13,14);1H. The van der Waals surface area contributed by atoms with Gasteiger partial charge in [0.15, 0.2) is 5.96 Å². The fraction of sp³-hybridized carbons (Fsp3) is 0.917. The average molecular weight is 337 g/mol. The van der Waals surface area contributed by atoms with Crippen molar-refractivity contribution in [2.75, 3.05) is 20.1 Å². The van der Waals surface area contributed by atoms with Crippen molar-refractivity contribution >= 4 is 29.9 Å². The Balaban J connectivity index is 0.00000128. The Bertz CT molecular complexity index is 247. The molecule has 3 nitrogen and oxygen atoms in total. The SMILES string of the molecule is CN=C(NC1CC1C)N1CCC(C)CC1.I. The molecular formula is C12H24IN3. The maximum atomic E-state index is 4.38. The van der Waals surface area contributed by atoms with Crippen LogP contribution in [0.3, 0.4) is 0 Å². The minimum atomic E-state index is 0. The number of likely N-dealkylation sites (tertiary alicyclic amines) is 1. The van der Waals surface area contributed by atoms with E-state index in [1.807, 2.05) is 7.05 Å². The van der Waals surface area contributed by atoms with Gasteiger partial charge in [-0.25, -0.2) is 0 Å². The molecule has 2 unspecified atom stereocenters. The Labute approximate surface area is 116 Å². The number of hydrogen-bond donors (Lipinski definition) is 1. The second-order valence-electron chi connectivity index (χ2n) is 5.18. The van der Waals surface area contributed by atoms with E-state index in [-0.39, 0.29) is 24.0 Å². The zero-order chi connectivity index (χ0) is 10.8. The number of halogens is 1. The second kappa shape index (κ2) is 6.07. The smallest absolute Gasteiger partial charge is 0.193 e. The van der Waals surface area contributed by atoms with Crippen molar-refractivity contribution in [1.82, 2.24) is 10.2 Å². The van der Waals surface area contributed by atoms with E-state index in [9.17, 15) is 0 Å². The molecule has 16 heavy (non-hydrogen) atoms. The van der Waals surface area contributed by atoms with E-state index >= 15 is 0 Å². The molecule has 0 spiro atoms. The molecule has 1 heterocycles. The number of aliphatic imine (C=N–C) groups is 1. The summed E-state index contributed by atoms with van der Waals surface area (Å²) in [7, 11) is 1.90. The Hall–Kier alpha value is 0. The highest BCUT2D eigenvalue weighted by Gasteiger charge is 2.34. The van der Waals surface area contributed by atoms with Crippen LogP contribution in [-0.4, -0.2) is 37.0 Å². The molecule has 0 bridgehead atoms. The number of nitrogens with one attached hydrogen (secondary N) is 1. The van der Waals surface area contributed by atoms with Gasteiger partial charge in [-0.15, -0.1) is 24.0 Å². The van der Waals surface area contributed by atoms with Crippen molar-refractivity contribution in [3.63, 3.8) is 0 Å². The zero-order valence-corrected chi connectivity index (χ0v) is 12.9. The van der Waals surface area contributed by atoms with Gasteiger partial charge in [0.2, 0.25) is 0 Å². The molecule has 1 saturated carbocycles. The lowest BCUT2D eigenvalue weighted by Gasteiger charge is -2.33. The molecule has 94 valence electrons. The molecule has 0 aromatic rings. The van der Waals surface area contributed by atoms with Gasteiger partial charge < -0.3 is 10.2 Å². The minimum Gasteiger partial charge on any atom is -0.353 e. The van der Waals surface area contributed by atoms with Crippen LogP contribution in [0.1, 0.15) is 33.1 Å². The molecule has 0 aromatic carbocycles. The van der Waals surface area contributed by atoms with Crippen LogP contribution in [-0.2, 0) is 0 Å². The van der Waals surface area contributed by atoms with E-state index in [4.69, 9.17) is 0 Å². The molecule has 1 aliphatic heterocycles. The number of piperidine rings is 1. The summed E-state index contributed by atoms with van der Waals surface area (Å²) in [6.45, 7) is 6.98. The van der Waals surface area contributed by atoms with Gasteiger partial charge >= 0.3 is 0 Å². The van der Waals surface area contributed by atoms with Gasteiger partial charge in [0.05, 0.1) is 0 Å².